The van der Waals surface area contributed by atoms with Gasteiger partial charge in [0.2, 0.25) is 0 Å². The quantitative estimate of drug-likeness (QED) is 0.795. The molecule has 0 saturated carbocycles. The molecule has 0 heterocycles. The summed E-state index contributed by atoms with van der Waals surface area (Å²) in [4.78, 5) is 0. The molecule has 21 heavy (non-hydrogen) atoms. The van der Waals surface area contributed by atoms with Gasteiger partial charge in [-0.25, -0.2) is 4.39 Å². The van der Waals surface area contributed by atoms with Gasteiger partial charge in [-0.2, -0.15) is 0 Å². The molecule has 2 unspecified atom stereocenters. The van der Waals surface area contributed by atoms with Gasteiger partial charge in [-0.15, -0.1) is 12.4 Å². The van der Waals surface area contributed by atoms with Gasteiger partial charge in [0.15, 0.2) is 0 Å². The van der Waals surface area contributed by atoms with Crippen molar-refractivity contribution in [3.05, 3.63) is 65.5 Å². The molecule has 0 aliphatic heterocycles. The topological polar surface area (TPSA) is 58.3 Å². The molecular weight excluding hydrogens is 291 g/mol. The highest BCUT2D eigenvalue weighted by Crippen LogP contribution is 2.25. The summed E-state index contributed by atoms with van der Waals surface area (Å²) in [5.74, 6) is -0.330. The lowest BCUT2D eigenvalue weighted by molar-refractivity contribution is 0.160. The van der Waals surface area contributed by atoms with Gasteiger partial charge < -0.3 is 16.2 Å². The van der Waals surface area contributed by atoms with E-state index < -0.39 is 12.1 Å². The van der Waals surface area contributed by atoms with E-state index in [0.717, 1.165) is 11.3 Å². The van der Waals surface area contributed by atoms with Crippen molar-refractivity contribution < 1.29 is 9.50 Å². The minimum atomic E-state index is -0.795. The molecule has 0 amide bonds. The van der Waals surface area contributed by atoms with Crippen molar-refractivity contribution in [2.45, 2.75) is 19.1 Å². The maximum Gasteiger partial charge on any atom is 0.123 e. The zero-order chi connectivity index (χ0) is 14.5. The van der Waals surface area contributed by atoms with Crippen LogP contribution in [0.15, 0.2) is 48.5 Å². The van der Waals surface area contributed by atoms with Crippen LogP contribution in [0.3, 0.4) is 0 Å². The first-order chi connectivity index (χ1) is 9.61. The van der Waals surface area contributed by atoms with E-state index in [1.54, 1.807) is 12.1 Å². The standard InChI is InChI=1S/C16H19FN2O.ClH/c1-11-5-2-3-8-14(11)19-16(15(20)10-18)12-6-4-7-13(17)9-12;/h2-9,15-16,19-20H,10,18H2,1H3;1H. The third kappa shape index (κ3) is 4.43. The van der Waals surface area contributed by atoms with Crippen LogP contribution in [-0.2, 0) is 0 Å². The normalized spacial score (nSPS) is 13.1. The first-order valence-electron chi connectivity index (χ1n) is 6.57. The van der Waals surface area contributed by atoms with Crippen molar-refractivity contribution in [3.8, 4) is 0 Å². The second-order valence-electron chi connectivity index (χ2n) is 4.79. The molecule has 2 aromatic carbocycles. The lowest BCUT2D eigenvalue weighted by atomic mass is 10.00. The van der Waals surface area contributed by atoms with E-state index in [1.807, 2.05) is 31.2 Å². The van der Waals surface area contributed by atoms with E-state index in [-0.39, 0.29) is 24.8 Å². The molecule has 0 aliphatic carbocycles. The molecule has 0 spiro atoms. The van der Waals surface area contributed by atoms with Crippen LogP contribution in [0.4, 0.5) is 10.1 Å². The molecule has 0 saturated heterocycles. The molecule has 4 N–H and O–H groups in total. The Labute approximate surface area is 130 Å². The Morgan fingerprint density at radius 2 is 1.90 bits per heavy atom. The highest BCUT2D eigenvalue weighted by atomic mass is 35.5. The Bertz CT molecular complexity index is 580. The number of halogens is 2. The van der Waals surface area contributed by atoms with Crippen molar-refractivity contribution in [1.82, 2.24) is 0 Å². The van der Waals surface area contributed by atoms with Crippen LogP contribution in [0.1, 0.15) is 17.2 Å². The molecular formula is C16H20ClFN2O. The second kappa shape index (κ2) is 7.98. The summed E-state index contributed by atoms with van der Waals surface area (Å²) in [5.41, 5.74) is 8.18. The molecule has 0 fully saturated rings. The summed E-state index contributed by atoms with van der Waals surface area (Å²) >= 11 is 0. The van der Waals surface area contributed by atoms with Gasteiger partial charge in [0.05, 0.1) is 12.1 Å². The third-order valence-electron chi connectivity index (χ3n) is 3.29. The van der Waals surface area contributed by atoms with Crippen molar-refractivity contribution >= 4 is 18.1 Å². The van der Waals surface area contributed by atoms with Crippen LogP contribution < -0.4 is 11.1 Å². The fourth-order valence-corrected chi connectivity index (χ4v) is 2.14. The number of aryl methyl sites for hydroxylation is 1. The lowest BCUT2D eigenvalue weighted by Crippen LogP contribution is -2.32. The number of rotatable bonds is 5. The van der Waals surface area contributed by atoms with Crippen LogP contribution in [0.25, 0.3) is 0 Å². The monoisotopic (exact) mass is 310 g/mol. The number of benzene rings is 2. The average Bonchev–Trinajstić information content (AvgIpc) is 2.45. The van der Waals surface area contributed by atoms with Crippen molar-refractivity contribution in [2.24, 2.45) is 5.73 Å². The van der Waals surface area contributed by atoms with Gasteiger partial charge in [0.1, 0.15) is 5.82 Å². The van der Waals surface area contributed by atoms with Gasteiger partial charge in [-0.05, 0) is 36.2 Å². The van der Waals surface area contributed by atoms with Crippen LogP contribution >= 0.6 is 12.4 Å². The molecule has 0 radical (unpaired) electrons. The van der Waals surface area contributed by atoms with Gasteiger partial charge in [-0.1, -0.05) is 30.3 Å². The fraction of sp³-hybridized carbons (Fsp3) is 0.250. The van der Waals surface area contributed by atoms with Gasteiger partial charge >= 0.3 is 0 Å². The Hall–Kier alpha value is -1.62. The minimum absolute atomic E-state index is 0. The van der Waals surface area contributed by atoms with E-state index in [9.17, 15) is 9.50 Å². The van der Waals surface area contributed by atoms with E-state index >= 15 is 0 Å². The third-order valence-corrected chi connectivity index (χ3v) is 3.29. The predicted molar refractivity (Wildman–Crippen MR) is 86.3 cm³/mol. The minimum Gasteiger partial charge on any atom is -0.389 e. The number of para-hydroxylation sites is 1. The summed E-state index contributed by atoms with van der Waals surface area (Å²) in [6, 6.07) is 13.5. The molecule has 0 bridgehead atoms. The zero-order valence-electron chi connectivity index (χ0n) is 11.8. The number of hydrogen-bond acceptors (Lipinski definition) is 3. The van der Waals surface area contributed by atoms with E-state index in [0.29, 0.717) is 5.56 Å². The van der Waals surface area contributed by atoms with Crippen LogP contribution in [0.5, 0.6) is 0 Å². The van der Waals surface area contributed by atoms with Gasteiger partial charge in [-0.3, -0.25) is 0 Å². The predicted octanol–water partition coefficient (Wildman–Crippen LogP) is 3.03. The molecule has 2 aromatic rings. The molecule has 0 aliphatic rings. The Balaban J connectivity index is 0.00000220. The number of nitrogens with one attached hydrogen (secondary N) is 1. The molecule has 5 heteroatoms. The van der Waals surface area contributed by atoms with Crippen LogP contribution in [0, 0.1) is 12.7 Å². The van der Waals surface area contributed by atoms with Gasteiger partial charge in [0, 0.05) is 12.2 Å². The first-order valence-corrected chi connectivity index (χ1v) is 6.57. The molecule has 0 aromatic heterocycles. The number of nitrogens with two attached hydrogens (primary N) is 1. The fourth-order valence-electron chi connectivity index (χ4n) is 2.14. The van der Waals surface area contributed by atoms with E-state index in [1.165, 1.54) is 12.1 Å². The summed E-state index contributed by atoms with van der Waals surface area (Å²) < 4.78 is 13.4. The van der Waals surface area contributed by atoms with Crippen molar-refractivity contribution in [2.75, 3.05) is 11.9 Å². The number of aliphatic hydroxyl groups is 1. The maximum atomic E-state index is 13.4. The molecule has 2 rings (SSSR count). The first kappa shape index (κ1) is 17.4. The molecule has 114 valence electrons. The SMILES string of the molecule is Cc1ccccc1NC(c1cccc(F)c1)C(O)CN.Cl. The summed E-state index contributed by atoms with van der Waals surface area (Å²) in [6.45, 7) is 2.07. The Morgan fingerprint density at radius 3 is 2.52 bits per heavy atom. The summed E-state index contributed by atoms with van der Waals surface area (Å²) in [6.07, 6.45) is -0.795. The van der Waals surface area contributed by atoms with E-state index in [2.05, 4.69) is 5.32 Å². The summed E-state index contributed by atoms with van der Waals surface area (Å²) in [7, 11) is 0. The highest BCUT2D eigenvalue weighted by Gasteiger charge is 2.20. The Morgan fingerprint density at radius 1 is 1.19 bits per heavy atom. The lowest BCUT2D eigenvalue weighted by Gasteiger charge is -2.25. The van der Waals surface area contributed by atoms with Crippen LogP contribution in [0.2, 0.25) is 0 Å². The van der Waals surface area contributed by atoms with Crippen molar-refractivity contribution in [1.29, 1.82) is 0 Å². The molecule has 3 nitrogen and oxygen atoms in total. The maximum absolute atomic E-state index is 13.4. The van der Waals surface area contributed by atoms with E-state index in [4.69, 9.17) is 5.73 Å². The van der Waals surface area contributed by atoms with Gasteiger partial charge in [0.25, 0.3) is 0 Å². The Kier molecular flexibility index (Phi) is 6.62. The smallest absolute Gasteiger partial charge is 0.123 e. The summed E-state index contributed by atoms with van der Waals surface area (Å²) in [5, 5.41) is 13.3. The van der Waals surface area contributed by atoms with Crippen molar-refractivity contribution in [3.63, 3.8) is 0 Å². The average molecular weight is 311 g/mol. The van der Waals surface area contributed by atoms with Crippen LogP contribution in [-0.4, -0.2) is 17.8 Å². The number of hydrogen-bond donors (Lipinski definition) is 3. The molecule has 2 atom stereocenters. The number of aliphatic hydroxyl groups excluding tert-OH is 1. The second-order valence-corrected chi connectivity index (χ2v) is 4.79. The largest absolute Gasteiger partial charge is 0.389 e. The highest BCUT2D eigenvalue weighted by molar-refractivity contribution is 5.85. The zero-order valence-corrected chi connectivity index (χ0v) is 12.6. The number of anilines is 1.